The minimum atomic E-state index is -0.346. The monoisotopic (exact) mass is 275 g/mol. The average molecular weight is 275 g/mol. The molecule has 106 valence electrons. The van der Waals surface area contributed by atoms with Crippen LogP contribution < -0.4 is 5.32 Å². The predicted molar refractivity (Wildman–Crippen MR) is 76.8 cm³/mol. The van der Waals surface area contributed by atoms with Crippen LogP contribution in [0.5, 0.6) is 0 Å². The fourth-order valence-electron chi connectivity index (χ4n) is 1.89. The molecule has 1 aromatic carbocycles. The summed E-state index contributed by atoms with van der Waals surface area (Å²) in [5.41, 5.74) is 0.841. The van der Waals surface area contributed by atoms with Gasteiger partial charge in [-0.2, -0.15) is 0 Å². The maximum absolute atomic E-state index is 13.9. The maximum atomic E-state index is 13.9. The second kappa shape index (κ2) is 6.43. The van der Waals surface area contributed by atoms with Gasteiger partial charge in [0.2, 0.25) is 0 Å². The fraction of sp³-hybridized carbons (Fsp3) is 0.333. The Morgan fingerprint density at radius 3 is 2.55 bits per heavy atom. The van der Waals surface area contributed by atoms with Gasteiger partial charge in [-0.05, 0) is 18.1 Å². The number of anilines is 1. The zero-order valence-corrected chi connectivity index (χ0v) is 11.5. The Kier molecular flexibility index (Phi) is 4.63. The van der Waals surface area contributed by atoms with Crippen molar-refractivity contribution in [3.05, 3.63) is 42.5 Å². The van der Waals surface area contributed by atoms with Gasteiger partial charge in [0.05, 0.1) is 12.6 Å². The third-order valence-electron chi connectivity index (χ3n) is 3.15. The molecule has 20 heavy (non-hydrogen) atoms. The van der Waals surface area contributed by atoms with Crippen LogP contribution in [0.3, 0.4) is 0 Å². The predicted octanol–water partition coefficient (Wildman–Crippen LogP) is 2.71. The molecule has 0 amide bonds. The van der Waals surface area contributed by atoms with Gasteiger partial charge < -0.3 is 10.4 Å². The Morgan fingerprint density at radius 2 is 1.90 bits per heavy atom. The molecule has 4 nitrogen and oxygen atoms in total. The quantitative estimate of drug-likeness (QED) is 0.881. The van der Waals surface area contributed by atoms with Gasteiger partial charge in [-0.15, -0.1) is 0 Å². The normalized spacial score (nSPS) is 12.4. The molecule has 0 saturated heterocycles. The molecule has 0 radical (unpaired) electrons. The minimum absolute atomic E-state index is 0.0229. The molecule has 2 aromatic rings. The first-order valence-corrected chi connectivity index (χ1v) is 6.56. The number of hydrogen-bond donors (Lipinski definition) is 2. The largest absolute Gasteiger partial charge is 0.394 e. The van der Waals surface area contributed by atoms with Crippen molar-refractivity contribution in [1.82, 2.24) is 9.97 Å². The lowest BCUT2D eigenvalue weighted by Gasteiger charge is -2.21. The Balaban J connectivity index is 2.39. The third-order valence-corrected chi connectivity index (χ3v) is 3.15. The van der Waals surface area contributed by atoms with E-state index in [1.54, 1.807) is 24.4 Å². The molecule has 0 unspecified atom stereocenters. The number of aliphatic hydroxyl groups excluding tert-OH is 1. The van der Waals surface area contributed by atoms with Gasteiger partial charge in [-0.25, -0.2) is 9.37 Å². The summed E-state index contributed by atoms with van der Waals surface area (Å²) in [6.45, 7) is 3.96. The smallest absolute Gasteiger partial charge is 0.152 e. The zero-order chi connectivity index (χ0) is 14.5. The first-order chi connectivity index (χ1) is 9.63. The SMILES string of the molecule is CC(C)[C@H](CO)Nc1nccnc1-c1ccccc1F. The molecule has 1 aromatic heterocycles. The lowest BCUT2D eigenvalue weighted by molar-refractivity contribution is 0.249. The van der Waals surface area contributed by atoms with E-state index in [-0.39, 0.29) is 24.4 Å². The van der Waals surface area contributed by atoms with E-state index in [9.17, 15) is 9.50 Å². The Labute approximate surface area is 117 Å². The van der Waals surface area contributed by atoms with Gasteiger partial charge in [0, 0.05) is 18.0 Å². The number of aromatic nitrogens is 2. The molecule has 1 heterocycles. The van der Waals surface area contributed by atoms with E-state index in [0.717, 1.165) is 0 Å². The highest BCUT2D eigenvalue weighted by Crippen LogP contribution is 2.26. The lowest BCUT2D eigenvalue weighted by Crippen LogP contribution is -2.30. The van der Waals surface area contributed by atoms with Gasteiger partial charge in [-0.1, -0.05) is 26.0 Å². The highest BCUT2D eigenvalue weighted by molar-refractivity contribution is 5.71. The summed E-state index contributed by atoms with van der Waals surface area (Å²) in [6, 6.07) is 6.28. The summed E-state index contributed by atoms with van der Waals surface area (Å²) in [6.07, 6.45) is 3.07. The molecule has 0 aliphatic heterocycles. The topological polar surface area (TPSA) is 58.0 Å². The number of halogens is 1. The summed E-state index contributed by atoms with van der Waals surface area (Å²) in [5, 5.41) is 12.5. The molecular weight excluding hydrogens is 257 g/mol. The Bertz CT molecular complexity index is 575. The van der Waals surface area contributed by atoms with Crippen LogP contribution in [0.4, 0.5) is 10.2 Å². The van der Waals surface area contributed by atoms with Gasteiger partial charge in [0.1, 0.15) is 11.5 Å². The second-order valence-electron chi connectivity index (χ2n) is 4.91. The molecule has 2 N–H and O–H groups in total. The van der Waals surface area contributed by atoms with Crippen LogP contribution in [0.1, 0.15) is 13.8 Å². The van der Waals surface area contributed by atoms with Crippen LogP contribution in [0, 0.1) is 11.7 Å². The molecular formula is C15H18FN3O. The van der Waals surface area contributed by atoms with Crippen LogP contribution in [-0.4, -0.2) is 27.7 Å². The van der Waals surface area contributed by atoms with E-state index in [1.165, 1.54) is 12.3 Å². The standard InChI is InChI=1S/C15H18FN3O/c1-10(2)13(9-20)19-15-14(17-7-8-18-15)11-5-3-4-6-12(11)16/h3-8,10,13,20H,9H2,1-2H3,(H,18,19)/t13-/m0/s1. The summed E-state index contributed by atoms with van der Waals surface area (Å²) in [7, 11) is 0. The van der Waals surface area contributed by atoms with E-state index in [1.807, 2.05) is 13.8 Å². The van der Waals surface area contributed by atoms with Crippen molar-refractivity contribution in [2.75, 3.05) is 11.9 Å². The number of rotatable bonds is 5. The third kappa shape index (κ3) is 3.11. The van der Waals surface area contributed by atoms with Crippen LogP contribution in [0.25, 0.3) is 11.3 Å². The highest BCUT2D eigenvalue weighted by atomic mass is 19.1. The number of nitrogens with one attached hydrogen (secondary N) is 1. The van der Waals surface area contributed by atoms with Crippen LogP contribution >= 0.6 is 0 Å². The number of nitrogens with zero attached hydrogens (tertiary/aromatic N) is 2. The van der Waals surface area contributed by atoms with Gasteiger partial charge >= 0.3 is 0 Å². The molecule has 2 rings (SSSR count). The maximum Gasteiger partial charge on any atom is 0.152 e. The van der Waals surface area contributed by atoms with Gasteiger partial charge in [-0.3, -0.25) is 4.98 Å². The number of benzene rings is 1. The average Bonchev–Trinajstić information content (AvgIpc) is 2.45. The van der Waals surface area contributed by atoms with Crippen molar-refractivity contribution >= 4 is 5.82 Å². The first-order valence-electron chi connectivity index (χ1n) is 6.56. The molecule has 0 saturated carbocycles. The van der Waals surface area contributed by atoms with Crippen LogP contribution in [0.15, 0.2) is 36.7 Å². The van der Waals surface area contributed by atoms with Crippen molar-refractivity contribution in [3.8, 4) is 11.3 Å². The number of aliphatic hydroxyl groups is 1. The summed E-state index contributed by atoms with van der Waals surface area (Å²) in [5.74, 6) is 0.349. The Hall–Kier alpha value is -2.01. The van der Waals surface area contributed by atoms with E-state index < -0.39 is 0 Å². The first kappa shape index (κ1) is 14.4. The van der Waals surface area contributed by atoms with Crippen molar-refractivity contribution in [2.24, 2.45) is 5.92 Å². The molecule has 1 atom stereocenters. The molecule has 5 heteroatoms. The molecule has 0 aliphatic carbocycles. The van der Waals surface area contributed by atoms with Crippen molar-refractivity contribution in [3.63, 3.8) is 0 Å². The second-order valence-corrected chi connectivity index (χ2v) is 4.91. The van der Waals surface area contributed by atoms with Crippen LogP contribution in [0.2, 0.25) is 0 Å². The summed E-state index contributed by atoms with van der Waals surface area (Å²) < 4.78 is 13.9. The molecule has 0 fully saturated rings. The van der Waals surface area contributed by atoms with Gasteiger partial charge in [0.25, 0.3) is 0 Å². The van der Waals surface area contributed by atoms with E-state index in [0.29, 0.717) is 17.1 Å². The van der Waals surface area contributed by atoms with Crippen LogP contribution in [-0.2, 0) is 0 Å². The van der Waals surface area contributed by atoms with E-state index in [2.05, 4.69) is 15.3 Å². The molecule has 0 aliphatic rings. The summed E-state index contributed by atoms with van der Waals surface area (Å²) >= 11 is 0. The summed E-state index contributed by atoms with van der Waals surface area (Å²) in [4.78, 5) is 8.42. The van der Waals surface area contributed by atoms with Gasteiger partial charge in [0.15, 0.2) is 5.82 Å². The molecule has 0 spiro atoms. The fourth-order valence-corrected chi connectivity index (χ4v) is 1.89. The van der Waals surface area contributed by atoms with E-state index >= 15 is 0 Å². The molecule has 0 bridgehead atoms. The minimum Gasteiger partial charge on any atom is -0.394 e. The van der Waals surface area contributed by atoms with E-state index in [4.69, 9.17) is 0 Å². The Morgan fingerprint density at radius 1 is 1.20 bits per heavy atom. The van der Waals surface area contributed by atoms with Crippen molar-refractivity contribution in [2.45, 2.75) is 19.9 Å². The lowest BCUT2D eigenvalue weighted by atomic mass is 10.0. The number of hydrogen-bond acceptors (Lipinski definition) is 4. The van der Waals surface area contributed by atoms with Crippen molar-refractivity contribution < 1.29 is 9.50 Å². The zero-order valence-electron chi connectivity index (χ0n) is 11.5. The van der Waals surface area contributed by atoms with Crippen molar-refractivity contribution in [1.29, 1.82) is 0 Å². The highest BCUT2D eigenvalue weighted by Gasteiger charge is 2.17.